The molecule has 1 unspecified atom stereocenters. The maximum absolute atomic E-state index is 12.9. The average Bonchev–Trinajstić information content (AvgIpc) is 3.36. The van der Waals surface area contributed by atoms with E-state index in [-0.39, 0.29) is 25.2 Å². The third kappa shape index (κ3) is 58.2. The van der Waals surface area contributed by atoms with Crippen molar-refractivity contribution in [3.63, 3.8) is 0 Å². The lowest BCUT2D eigenvalue weighted by Crippen LogP contribution is -2.30. The Labute approximate surface area is 436 Å². The molecule has 70 heavy (non-hydrogen) atoms. The second-order valence-corrected chi connectivity index (χ2v) is 20.6. The van der Waals surface area contributed by atoms with E-state index in [0.717, 1.165) is 70.6 Å². The van der Waals surface area contributed by atoms with Crippen molar-refractivity contribution in [1.82, 2.24) is 0 Å². The van der Waals surface area contributed by atoms with Crippen molar-refractivity contribution >= 4 is 11.9 Å². The van der Waals surface area contributed by atoms with Crippen LogP contribution in [0.5, 0.6) is 0 Å². The van der Waals surface area contributed by atoms with Gasteiger partial charge < -0.3 is 14.2 Å². The standard InChI is InChI=1S/C65H118O5/c1-4-7-10-13-16-19-22-25-28-31-33-35-37-40-43-46-49-52-55-58-64(66)69-62-63(61-68-60-57-54-51-48-45-42-39-36-32-29-26-23-20-17-14-11-8-5-2)70-65(67)59-56-53-50-47-44-41-38-34-30-27-24-21-18-15-12-9-6-3/h8,11,17-18,20-21,26-27,29-30,63H,4-7,9-10,12-16,19,22-25,28,31-62H2,1-3H3/b11-8-,20-17-,21-18-,29-26-,30-27-. The fraction of sp³-hybridized carbons (Fsp3) is 0.815. The highest BCUT2D eigenvalue weighted by Crippen LogP contribution is 2.17. The molecule has 0 saturated heterocycles. The number of hydrogen-bond acceptors (Lipinski definition) is 5. The zero-order valence-electron chi connectivity index (χ0n) is 47.0. The minimum Gasteiger partial charge on any atom is -0.462 e. The molecule has 1 atom stereocenters. The highest BCUT2D eigenvalue weighted by Gasteiger charge is 2.17. The van der Waals surface area contributed by atoms with Crippen LogP contribution in [-0.4, -0.2) is 37.9 Å². The van der Waals surface area contributed by atoms with E-state index in [1.165, 1.54) is 212 Å². The van der Waals surface area contributed by atoms with Crippen molar-refractivity contribution in [2.45, 2.75) is 322 Å². The van der Waals surface area contributed by atoms with Crippen LogP contribution < -0.4 is 0 Å². The van der Waals surface area contributed by atoms with E-state index in [0.29, 0.717) is 19.4 Å². The summed E-state index contributed by atoms with van der Waals surface area (Å²) in [5, 5.41) is 0. The molecule has 0 spiro atoms. The predicted octanol–water partition coefficient (Wildman–Crippen LogP) is 21.2. The second kappa shape index (κ2) is 60.9. The van der Waals surface area contributed by atoms with Crippen molar-refractivity contribution in [3.8, 4) is 0 Å². The maximum atomic E-state index is 12.9. The Morgan fingerprint density at radius 3 is 1.06 bits per heavy atom. The van der Waals surface area contributed by atoms with E-state index in [1.54, 1.807) is 0 Å². The highest BCUT2D eigenvalue weighted by atomic mass is 16.6. The summed E-state index contributed by atoms with van der Waals surface area (Å²) < 4.78 is 17.5. The van der Waals surface area contributed by atoms with Gasteiger partial charge in [-0.25, -0.2) is 0 Å². The number of hydrogen-bond donors (Lipinski definition) is 0. The van der Waals surface area contributed by atoms with Gasteiger partial charge in [-0.2, -0.15) is 0 Å². The monoisotopic (exact) mass is 979 g/mol. The molecule has 0 aromatic rings. The van der Waals surface area contributed by atoms with Crippen molar-refractivity contribution in [2.24, 2.45) is 0 Å². The third-order valence-electron chi connectivity index (χ3n) is 13.5. The zero-order chi connectivity index (χ0) is 50.6. The molecule has 0 amide bonds. The Morgan fingerprint density at radius 2 is 0.643 bits per heavy atom. The quantitative estimate of drug-likeness (QED) is 0.0345. The summed E-state index contributed by atoms with van der Waals surface area (Å²) in [7, 11) is 0. The summed E-state index contributed by atoms with van der Waals surface area (Å²) in [4.78, 5) is 25.6. The van der Waals surface area contributed by atoms with Crippen molar-refractivity contribution in [2.75, 3.05) is 19.8 Å². The van der Waals surface area contributed by atoms with Gasteiger partial charge in [0, 0.05) is 19.4 Å². The Kier molecular flexibility index (Phi) is 58.8. The number of ether oxygens (including phenoxy) is 3. The molecular formula is C65H118O5. The minimum atomic E-state index is -0.545. The molecule has 0 fully saturated rings. The Balaban J connectivity index is 4.26. The smallest absolute Gasteiger partial charge is 0.306 e. The van der Waals surface area contributed by atoms with Crippen LogP contribution in [0.25, 0.3) is 0 Å². The van der Waals surface area contributed by atoms with Gasteiger partial charge in [-0.15, -0.1) is 0 Å². The fourth-order valence-corrected chi connectivity index (χ4v) is 8.97. The summed E-state index contributed by atoms with van der Waals surface area (Å²) in [5.41, 5.74) is 0. The van der Waals surface area contributed by atoms with Gasteiger partial charge in [0.25, 0.3) is 0 Å². The van der Waals surface area contributed by atoms with Crippen LogP contribution >= 0.6 is 0 Å². The number of allylic oxidation sites excluding steroid dienone is 10. The zero-order valence-corrected chi connectivity index (χ0v) is 47.0. The number of unbranched alkanes of at least 4 members (excludes halogenated alkanes) is 36. The van der Waals surface area contributed by atoms with Gasteiger partial charge in [0.15, 0.2) is 6.10 Å². The molecule has 5 nitrogen and oxygen atoms in total. The van der Waals surface area contributed by atoms with Crippen LogP contribution in [0.15, 0.2) is 60.8 Å². The molecule has 408 valence electrons. The summed E-state index contributed by atoms with van der Waals surface area (Å²) in [6, 6.07) is 0. The van der Waals surface area contributed by atoms with Crippen LogP contribution in [-0.2, 0) is 23.8 Å². The van der Waals surface area contributed by atoms with Gasteiger partial charge in [-0.05, 0) is 83.5 Å². The predicted molar refractivity (Wildman–Crippen MR) is 307 cm³/mol. The van der Waals surface area contributed by atoms with E-state index in [9.17, 15) is 9.59 Å². The molecule has 0 heterocycles. The summed E-state index contributed by atoms with van der Waals surface area (Å²) in [5.74, 6) is -0.393. The second-order valence-electron chi connectivity index (χ2n) is 20.6. The van der Waals surface area contributed by atoms with Crippen molar-refractivity contribution < 1.29 is 23.8 Å². The van der Waals surface area contributed by atoms with Crippen molar-refractivity contribution in [3.05, 3.63) is 60.8 Å². The van der Waals surface area contributed by atoms with Crippen molar-refractivity contribution in [1.29, 1.82) is 0 Å². The van der Waals surface area contributed by atoms with Crippen LogP contribution in [0.4, 0.5) is 0 Å². The fourth-order valence-electron chi connectivity index (χ4n) is 8.97. The van der Waals surface area contributed by atoms with Gasteiger partial charge in [-0.3, -0.25) is 9.59 Å². The summed E-state index contributed by atoms with van der Waals surface area (Å²) >= 11 is 0. The minimum absolute atomic E-state index is 0.0818. The van der Waals surface area contributed by atoms with E-state index < -0.39 is 6.10 Å². The average molecular weight is 980 g/mol. The van der Waals surface area contributed by atoms with Gasteiger partial charge >= 0.3 is 11.9 Å². The first kappa shape index (κ1) is 67.6. The third-order valence-corrected chi connectivity index (χ3v) is 13.5. The van der Waals surface area contributed by atoms with E-state index >= 15 is 0 Å². The van der Waals surface area contributed by atoms with Gasteiger partial charge in [-0.1, -0.05) is 281 Å². The highest BCUT2D eigenvalue weighted by molar-refractivity contribution is 5.70. The SMILES string of the molecule is CC/C=C\C/C=C\C/C=C\CCCCCCCCCCOCC(COC(=O)CCCCCCCCCCCCCCCCCCCCC)OC(=O)CCCCCCCCC/C=C\C/C=C\CCCCC. The molecule has 0 aromatic carbocycles. The number of rotatable bonds is 57. The van der Waals surface area contributed by atoms with Crippen LogP contribution in [0, 0.1) is 0 Å². The lowest BCUT2D eigenvalue weighted by atomic mass is 10.0. The summed E-state index contributed by atoms with van der Waals surface area (Å²) in [6.45, 7) is 7.73. The lowest BCUT2D eigenvalue weighted by Gasteiger charge is -2.18. The Bertz CT molecular complexity index is 1200. The van der Waals surface area contributed by atoms with E-state index in [2.05, 4.69) is 81.5 Å². The molecule has 5 heteroatoms. The van der Waals surface area contributed by atoms with Crippen LogP contribution in [0.3, 0.4) is 0 Å². The lowest BCUT2D eigenvalue weighted by molar-refractivity contribution is -0.163. The van der Waals surface area contributed by atoms with E-state index in [4.69, 9.17) is 14.2 Å². The van der Waals surface area contributed by atoms with Gasteiger partial charge in [0.05, 0.1) is 6.61 Å². The molecule has 0 saturated carbocycles. The topological polar surface area (TPSA) is 61.8 Å². The van der Waals surface area contributed by atoms with E-state index in [1.807, 2.05) is 0 Å². The first-order valence-electron chi connectivity index (χ1n) is 30.8. The molecule has 0 bridgehead atoms. The summed E-state index contributed by atoms with van der Waals surface area (Å²) in [6.07, 6.45) is 78.2. The first-order chi connectivity index (χ1) is 34.6. The normalized spacial score (nSPS) is 12.6. The molecular weight excluding hydrogens is 861 g/mol. The molecule has 0 rings (SSSR count). The number of carbonyl (C=O) groups is 2. The van der Waals surface area contributed by atoms with Crippen LogP contribution in [0.2, 0.25) is 0 Å². The first-order valence-corrected chi connectivity index (χ1v) is 30.8. The molecule has 0 N–H and O–H groups in total. The van der Waals surface area contributed by atoms with Gasteiger partial charge in [0.2, 0.25) is 0 Å². The molecule has 0 aliphatic rings. The molecule has 0 aliphatic carbocycles. The largest absolute Gasteiger partial charge is 0.462 e. The Morgan fingerprint density at radius 1 is 0.329 bits per heavy atom. The maximum Gasteiger partial charge on any atom is 0.306 e. The molecule has 0 aliphatic heterocycles. The number of esters is 2. The van der Waals surface area contributed by atoms with Gasteiger partial charge in [0.1, 0.15) is 6.61 Å². The van der Waals surface area contributed by atoms with Crippen LogP contribution in [0.1, 0.15) is 316 Å². The molecule has 0 aromatic heterocycles. The Hall–Kier alpha value is -2.40. The number of carbonyl (C=O) groups excluding carboxylic acids is 2. The molecule has 0 radical (unpaired) electrons.